The largest absolute Gasteiger partial charge is 0.507 e. The molecule has 0 spiro atoms. The first-order valence-electron chi connectivity index (χ1n) is 9.73. The summed E-state index contributed by atoms with van der Waals surface area (Å²) in [4.78, 5) is 26.1. The molecule has 0 aromatic heterocycles. The van der Waals surface area contributed by atoms with E-state index in [1.54, 1.807) is 6.92 Å². The molecule has 0 saturated carbocycles. The number of ketones is 2. The molecule has 7 heteroatoms. The van der Waals surface area contributed by atoms with Crippen LogP contribution in [-0.4, -0.2) is 23.8 Å². The van der Waals surface area contributed by atoms with E-state index >= 15 is 0 Å². The van der Waals surface area contributed by atoms with E-state index in [-0.39, 0.29) is 5.57 Å². The van der Waals surface area contributed by atoms with Gasteiger partial charge in [0, 0.05) is 5.57 Å². The van der Waals surface area contributed by atoms with Crippen LogP contribution in [0.1, 0.15) is 51.2 Å². The fourth-order valence-corrected chi connectivity index (χ4v) is 3.80. The Balaban J connectivity index is 2.46. The Hall–Kier alpha value is -2.83. The van der Waals surface area contributed by atoms with Gasteiger partial charge in [0.15, 0.2) is 11.6 Å². The molecule has 0 radical (unpaired) electrons. The van der Waals surface area contributed by atoms with E-state index in [0.29, 0.717) is 36.2 Å². The van der Waals surface area contributed by atoms with E-state index in [1.807, 2.05) is 13.8 Å². The van der Waals surface area contributed by atoms with Gasteiger partial charge >= 0.3 is 6.18 Å². The maximum atomic E-state index is 13.2. The molecule has 0 unspecified atom stereocenters. The van der Waals surface area contributed by atoms with Crippen molar-refractivity contribution in [1.82, 2.24) is 0 Å². The number of halogens is 3. The maximum absolute atomic E-state index is 13.2. The van der Waals surface area contributed by atoms with Crippen molar-refractivity contribution in [3.8, 4) is 0 Å². The predicted molar refractivity (Wildman–Crippen MR) is 107 cm³/mol. The van der Waals surface area contributed by atoms with E-state index in [1.165, 1.54) is 25.3 Å². The number of carbonyl (C=O) groups is 2. The molecule has 0 atom stereocenters. The Morgan fingerprint density at radius 2 is 1.70 bits per heavy atom. The quantitative estimate of drug-likeness (QED) is 0.446. The van der Waals surface area contributed by atoms with E-state index < -0.39 is 34.5 Å². The lowest BCUT2D eigenvalue weighted by molar-refractivity contribution is -0.137. The lowest BCUT2D eigenvalue weighted by Gasteiger charge is -2.37. The molecule has 30 heavy (non-hydrogen) atoms. The average Bonchev–Trinajstić information content (AvgIpc) is 2.72. The molecule has 0 heterocycles. The minimum Gasteiger partial charge on any atom is -0.507 e. The van der Waals surface area contributed by atoms with Gasteiger partial charge in [-0.2, -0.15) is 13.2 Å². The van der Waals surface area contributed by atoms with Crippen molar-refractivity contribution in [2.75, 3.05) is 7.11 Å². The first-order chi connectivity index (χ1) is 14.1. The smallest absolute Gasteiger partial charge is 0.416 e. The van der Waals surface area contributed by atoms with Crippen molar-refractivity contribution in [2.45, 2.75) is 46.2 Å². The summed E-state index contributed by atoms with van der Waals surface area (Å²) in [5, 5.41) is 10.7. The monoisotopic (exact) mass is 422 g/mol. The van der Waals surface area contributed by atoms with Crippen molar-refractivity contribution >= 4 is 17.6 Å². The molecule has 0 bridgehead atoms. The number of benzene rings is 1. The summed E-state index contributed by atoms with van der Waals surface area (Å²) in [7, 11) is 1.43. The van der Waals surface area contributed by atoms with Crippen LogP contribution in [0.2, 0.25) is 0 Å². The molecular weight excluding hydrogens is 397 g/mol. The Bertz CT molecular complexity index is 915. The number of ether oxygens (including phenoxy) is 1. The predicted octanol–water partition coefficient (Wildman–Crippen LogP) is 5.80. The van der Waals surface area contributed by atoms with Gasteiger partial charge in [-0.3, -0.25) is 9.59 Å². The van der Waals surface area contributed by atoms with Crippen molar-refractivity contribution < 1.29 is 32.6 Å². The van der Waals surface area contributed by atoms with E-state index in [0.717, 1.165) is 18.2 Å². The summed E-state index contributed by atoms with van der Waals surface area (Å²) >= 11 is 0. The van der Waals surface area contributed by atoms with Crippen LogP contribution in [0.15, 0.2) is 53.0 Å². The normalized spacial score (nSPS) is 17.1. The highest BCUT2D eigenvalue weighted by molar-refractivity contribution is 6.28. The van der Waals surface area contributed by atoms with Gasteiger partial charge in [-0.1, -0.05) is 39.0 Å². The number of alkyl halides is 3. The number of methoxy groups -OCH3 is 1. The van der Waals surface area contributed by atoms with Crippen molar-refractivity contribution in [3.05, 3.63) is 64.1 Å². The number of carbonyl (C=O) groups excluding carboxylic acids is 2. The van der Waals surface area contributed by atoms with Crippen LogP contribution in [0.3, 0.4) is 0 Å². The van der Waals surface area contributed by atoms with Crippen LogP contribution in [0, 0.1) is 5.41 Å². The van der Waals surface area contributed by atoms with Gasteiger partial charge in [0.1, 0.15) is 17.1 Å². The van der Waals surface area contributed by atoms with E-state index in [2.05, 4.69) is 0 Å². The molecule has 1 aromatic carbocycles. The summed E-state index contributed by atoms with van der Waals surface area (Å²) in [5.74, 6) is -1.24. The topological polar surface area (TPSA) is 63.6 Å². The van der Waals surface area contributed by atoms with Crippen LogP contribution in [0.4, 0.5) is 13.2 Å². The molecule has 0 amide bonds. The van der Waals surface area contributed by atoms with Crippen LogP contribution >= 0.6 is 0 Å². The van der Waals surface area contributed by atoms with Crippen LogP contribution in [-0.2, 0) is 20.5 Å². The third kappa shape index (κ3) is 4.06. The minimum atomic E-state index is -4.45. The first kappa shape index (κ1) is 23.4. The molecule has 1 aromatic rings. The van der Waals surface area contributed by atoms with Gasteiger partial charge < -0.3 is 9.84 Å². The fourth-order valence-electron chi connectivity index (χ4n) is 3.80. The summed E-state index contributed by atoms with van der Waals surface area (Å²) in [6, 6.07) is 4.28. The van der Waals surface area contributed by atoms with E-state index in [9.17, 15) is 27.9 Å². The van der Waals surface area contributed by atoms with Crippen molar-refractivity contribution in [3.63, 3.8) is 0 Å². The second-order valence-electron chi connectivity index (χ2n) is 7.02. The van der Waals surface area contributed by atoms with Gasteiger partial charge in [0.25, 0.3) is 0 Å². The second-order valence-corrected chi connectivity index (χ2v) is 7.02. The Labute approximate surface area is 173 Å². The zero-order chi connectivity index (χ0) is 22.7. The number of hydrogen-bond donors (Lipinski definition) is 1. The molecule has 0 fully saturated rings. The number of hydrogen-bond acceptors (Lipinski definition) is 4. The van der Waals surface area contributed by atoms with Crippen LogP contribution < -0.4 is 0 Å². The summed E-state index contributed by atoms with van der Waals surface area (Å²) in [5.41, 5.74) is -1.39. The molecule has 162 valence electrons. The molecule has 2 rings (SSSR count). The highest BCUT2D eigenvalue weighted by Gasteiger charge is 2.49. The van der Waals surface area contributed by atoms with Crippen molar-refractivity contribution in [2.24, 2.45) is 5.41 Å². The molecule has 0 saturated heterocycles. The summed E-state index contributed by atoms with van der Waals surface area (Å²) < 4.78 is 43.5. The summed E-state index contributed by atoms with van der Waals surface area (Å²) in [6.45, 7) is 5.42. The number of aliphatic hydroxyl groups excluding tert-OH is 1. The number of rotatable bonds is 7. The van der Waals surface area contributed by atoms with Gasteiger partial charge in [0.2, 0.25) is 0 Å². The number of aliphatic hydroxyl groups is 1. The highest BCUT2D eigenvalue weighted by Crippen LogP contribution is 2.46. The standard InChI is InChI=1S/C23H25F3O4/c1-5-16-19(28)18(20(29)22(6-2,7-3)21(16)30-4)17(27)13-10-14-8-11-15(12-9-14)23(24,25)26/h8-13,28H,5-7H2,1-4H3/b13-10+. The summed E-state index contributed by atoms with van der Waals surface area (Å²) in [6.07, 6.45) is -0.897. The maximum Gasteiger partial charge on any atom is 0.416 e. The average molecular weight is 422 g/mol. The van der Waals surface area contributed by atoms with Crippen LogP contribution in [0.25, 0.3) is 6.08 Å². The zero-order valence-corrected chi connectivity index (χ0v) is 17.4. The molecule has 0 aliphatic heterocycles. The Morgan fingerprint density at radius 1 is 1.13 bits per heavy atom. The highest BCUT2D eigenvalue weighted by atomic mass is 19.4. The third-order valence-corrected chi connectivity index (χ3v) is 5.57. The lowest BCUT2D eigenvalue weighted by Crippen LogP contribution is -2.40. The molecule has 1 aliphatic carbocycles. The SMILES string of the molecule is CCC1=C(OC)C(CC)(CC)C(=O)C(C(=O)/C=C/c2ccc(C(F)(F)F)cc2)=C1O. The fraction of sp³-hybridized carbons (Fsp3) is 0.391. The first-order valence-corrected chi connectivity index (χ1v) is 9.73. The Morgan fingerprint density at radius 3 is 2.13 bits per heavy atom. The second kappa shape index (κ2) is 8.90. The lowest BCUT2D eigenvalue weighted by atomic mass is 9.68. The molecule has 1 N–H and O–H groups in total. The molecule has 4 nitrogen and oxygen atoms in total. The molecular formula is C23H25F3O4. The third-order valence-electron chi connectivity index (χ3n) is 5.57. The van der Waals surface area contributed by atoms with Gasteiger partial charge in [-0.15, -0.1) is 0 Å². The van der Waals surface area contributed by atoms with Crippen LogP contribution in [0.5, 0.6) is 0 Å². The number of Topliss-reactive ketones (excluding diaryl/α,β-unsaturated/α-hetero) is 1. The molecule has 1 aliphatic rings. The van der Waals surface area contributed by atoms with Crippen molar-refractivity contribution in [1.29, 1.82) is 0 Å². The van der Waals surface area contributed by atoms with E-state index in [4.69, 9.17) is 4.74 Å². The number of allylic oxidation sites excluding steroid dienone is 4. The zero-order valence-electron chi connectivity index (χ0n) is 17.4. The minimum absolute atomic E-state index is 0.320. The van der Waals surface area contributed by atoms with Gasteiger partial charge in [0.05, 0.1) is 18.1 Å². The Kier molecular flexibility index (Phi) is 6.95. The van der Waals surface area contributed by atoms with Gasteiger partial charge in [-0.25, -0.2) is 0 Å². The van der Waals surface area contributed by atoms with Gasteiger partial charge in [-0.05, 0) is 43.0 Å².